The van der Waals surface area contributed by atoms with Gasteiger partial charge >= 0.3 is 0 Å². The van der Waals surface area contributed by atoms with Crippen molar-refractivity contribution in [3.8, 4) is 0 Å². The zero-order valence-corrected chi connectivity index (χ0v) is 9.87. The Hall–Kier alpha value is -0.120. The Bertz CT molecular complexity index is 147. The van der Waals surface area contributed by atoms with Gasteiger partial charge in [0.1, 0.15) is 0 Å². The highest BCUT2D eigenvalue weighted by molar-refractivity contribution is 4.72. The van der Waals surface area contributed by atoms with E-state index >= 15 is 0 Å². The van der Waals surface area contributed by atoms with E-state index in [1.54, 1.807) is 0 Å². The van der Waals surface area contributed by atoms with Crippen molar-refractivity contribution in [2.24, 2.45) is 5.92 Å². The molecule has 3 nitrogen and oxygen atoms in total. The summed E-state index contributed by atoms with van der Waals surface area (Å²) in [6.45, 7) is 4.43. The first-order valence-corrected chi connectivity index (χ1v) is 6.25. The highest BCUT2D eigenvalue weighted by atomic mass is 16.5. The van der Waals surface area contributed by atoms with Crippen LogP contribution in [0.15, 0.2) is 0 Å². The molecular formula is C12H25NO2. The molecule has 2 N–H and O–H groups in total. The standard InChI is InChI=1S/C12H25NO2/c1-11(10-12-4-2-3-5-12)13-6-8-15-9-7-14/h11-14H,2-10H2,1H3. The summed E-state index contributed by atoms with van der Waals surface area (Å²) in [5, 5.41) is 12.0. The molecule has 1 fully saturated rings. The summed E-state index contributed by atoms with van der Waals surface area (Å²) in [7, 11) is 0. The fraction of sp³-hybridized carbons (Fsp3) is 1.00. The normalized spacial score (nSPS) is 19.6. The molecule has 1 unspecified atom stereocenters. The van der Waals surface area contributed by atoms with E-state index in [1.807, 2.05) is 0 Å². The van der Waals surface area contributed by atoms with Gasteiger partial charge in [-0.15, -0.1) is 0 Å². The van der Waals surface area contributed by atoms with Gasteiger partial charge < -0.3 is 15.2 Å². The number of rotatable bonds is 8. The van der Waals surface area contributed by atoms with Gasteiger partial charge in [0.05, 0.1) is 19.8 Å². The van der Waals surface area contributed by atoms with E-state index in [9.17, 15) is 0 Å². The van der Waals surface area contributed by atoms with Gasteiger partial charge in [0.15, 0.2) is 0 Å². The lowest BCUT2D eigenvalue weighted by molar-refractivity contribution is 0.0924. The van der Waals surface area contributed by atoms with E-state index in [1.165, 1.54) is 32.1 Å². The van der Waals surface area contributed by atoms with Gasteiger partial charge in [-0.1, -0.05) is 25.7 Å². The Balaban J connectivity index is 1.91. The van der Waals surface area contributed by atoms with E-state index in [-0.39, 0.29) is 6.61 Å². The Kier molecular flexibility index (Phi) is 6.98. The highest BCUT2D eigenvalue weighted by Crippen LogP contribution is 2.28. The van der Waals surface area contributed by atoms with E-state index in [0.29, 0.717) is 19.3 Å². The Morgan fingerprint density at radius 2 is 2.07 bits per heavy atom. The lowest BCUT2D eigenvalue weighted by atomic mass is 9.99. The third-order valence-electron chi connectivity index (χ3n) is 3.14. The maximum atomic E-state index is 8.52. The van der Waals surface area contributed by atoms with Crippen LogP contribution in [0.1, 0.15) is 39.0 Å². The van der Waals surface area contributed by atoms with Gasteiger partial charge in [-0.25, -0.2) is 0 Å². The van der Waals surface area contributed by atoms with Crippen molar-refractivity contribution in [3.63, 3.8) is 0 Å². The molecule has 0 heterocycles. The fourth-order valence-electron chi connectivity index (χ4n) is 2.37. The molecule has 90 valence electrons. The van der Waals surface area contributed by atoms with Crippen LogP contribution < -0.4 is 5.32 Å². The smallest absolute Gasteiger partial charge is 0.0698 e. The maximum absolute atomic E-state index is 8.52. The average Bonchev–Trinajstić information content (AvgIpc) is 2.70. The van der Waals surface area contributed by atoms with Crippen molar-refractivity contribution in [3.05, 3.63) is 0 Å². The van der Waals surface area contributed by atoms with Gasteiger partial charge in [-0.2, -0.15) is 0 Å². The molecule has 0 spiro atoms. The van der Waals surface area contributed by atoms with Crippen molar-refractivity contribution in [2.45, 2.75) is 45.1 Å². The lowest BCUT2D eigenvalue weighted by Gasteiger charge is -2.17. The third kappa shape index (κ3) is 6.13. The van der Waals surface area contributed by atoms with Crippen LogP contribution in [0, 0.1) is 5.92 Å². The number of aliphatic hydroxyl groups is 1. The van der Waals surface area contributed by atoms with Crippen molar-refractivity contribution in [1.82, 2.24) is 5.32 Å². The fourth-order valence-corrected chi connectivity index (χ4v) is 2.37. The second kappa shape index (κ2) is 8.08. The molecule has 1 rings (SSSR count). The van der Waals surface area contributed by atoms with Gasteiger partial charge in [-0.05, 0) is 19.3 Å². The van der Waals surface area contributed by atoms with Gasteiger partial charge in [0, 0.05) is 12.6 Å². The first kappa shape index (κ1) is 12.9. The number of nitrogens with one attached hydrogen (secondary N) is 1. The van der Waals surface area contributed by atoms with Crippen LogP contribution in [0.5, 0.6) is 0 Å². The van der Waals surface area contributed by atoms with Gasteiger partial charge in [-0.3, -0.25) is 0 Å². The summed E-state index contributed by atoms with van der Waals surface area (Å²) in [6.07, 6.45) is 7.01. The first-order valence-electron chi connectivity index (χ1n) is 6.25. The maximum Gasteiger partial charge on any atom is 0.0698 e. The van der Waals surface area contributed by atoms with Crippen LogP contribution in [0.2, 0.25) is 0 Å². The number of hydrogen-bond acceptors (Lipinski definition) is 3. The second-order valence-electron chi connectivity index (χ2n) is 4.58. The first-order chi connectivity index (χ1) is 7.33. The summed E-state index contributed by atoms with van der Waals surface area (Å²) in [5.74, 6) is 0.950. The van der Waals surface area contributed by atoms with Crippen LogP contribution in [0.3, 0.4) is 0 Å². The molecule has 0 aromatic rings. The summed E-state index contributed by atoms with van der Waals surface area (Å²) in [6, 6.07) is 0.603. The molecule has 0 aliphatic heterocycles. The monoisotopic (exact) mass is 215 g/mol. The molecule has 0 amide bonds. The van der Waals surface area contributed by atoms with E-state index in [4.69, 9.17) is 9.84 Å². The van der Waals surface area contributed by atoms with E-state index < -0.39 is 0 Å². The molecular weight excluding hydrogens is 190 g/mol. The molecule has 0 bridgehead atoms. The Morgan fingerprint density at radius 1 is 1.33 bits per heavy atom. The number of aliphatic hydroxyl groups excluding tert-OH is 1. The van der Waals surface area contributed by atoms with Crippen molar-refractivity contribution < 1.29 is 9.84 Å². The largest absolute Gasteiger partial charge is 0.394 e. The quantitative estimate of drug-likeness (QED) is 0.604. The Morgan fingerprint density at radius 3 is 2.73 bits per heavy atom. The summed E-state index contributed by atoms with van der Waals surface area (Å²) in [5.41, 5.74) is 0. The molecule has 15 heavy (non-hydrogen) atoms. The minimum Gasteiger partial charge on any atom is -0.394 e. The average molecular weight is 215 g/mol. The molecule has 1 aliphatic rings. The van der Waals surface area contributed by atoms with Crippen LogP contribution >= 0.6 is 0 Å². The summed E-state index contributed by atoms with van der Waals surface area (Å²) >= 11 is 0. The lowest BCUT2D eigenvalue weighted by Crippen LogP contribution is -2.31. The molecule has 1 aliphatic carbocycles. The van der Waals surface area contributed by atoms with Crippen molar-refractivity contribution in [2.75, 3.05) is 26.4 Å². The number of ether oxygens (including phenoxy) is 1. The SMILES string of the molecule is CC(CC1CCCC1)NCCOCCO. The molecule has 0 radical (unpaired) electrons. The molecule has 0 aromatic heterocycles. The topological polar surface area (TPSA) is 41.5 Å². The molecule has 3 heteroatoms. The predicted octanol–water partition coefficient (Wildman–Crippen LogP) is 1.55. The molecule has 0 saturated heterocycles. The molecule has 1 saturated carbocycles. The van der Waals surface area contributed by atoms with Gasteiger partial charge in [0.2, 0.25) is 0 Å². The van der Waals surface area contributed by atoms with Crippen molar-refractivity contribution in [1.29, 1.82) is 0 Å². The molecule has 1 atom stereocenters. The Labute approximate surface area is 93.2 Å². The number of hydrogen-bond donors (Lipinski definition) is 2. The summed E-state index contributed by atoms with van der Waals surface area (Å²) in [4.78, 5) is 0. The molecule has 0 aromatic carbocycles. The van der Waals surface area contributed by atoms with E-state index in [0.717, 1.165) is 12.5 Å². The second-order valence-corrected chi connectivity index (χ2v) is 4.58. The van der Waals surface area contributed by atoms with Crippen LogP contribution in [0.25, 0.3) is 0 Å². The van der Waals surface area contributed by atoms with Crippen LogP contribution in [0.4, 0.5) is 0 Å². The van der Waals surface area contributed by atoms with Crippen molar-refractivity contribution >= 4 is 0 Å². The zero-order chi connectivity index (χ0) is 10.9. The van der Waals surface area contributed by atoms with Crippen LogP contribution in [-0.2, 0) is 4.74 Å². The highest BCUT2D eigenvalue weighted by Gasteiger charge is 2.17. The van der Waals surface area contributed by atoms with Gasteiger partial charge in [0.25, 0.3) is 0 Å². The zero-order valence-electron chi connectivity index (χ0n) is 9.87. The third-order valence-corrected chi connectivity index (χ3v) is 3.14. The van der Waals surface area contributed by atoms with Crippen LogP contribution in [-0.4, -0.2) is 37.5 Å². The minimum atomic E-state index is 0.123. The summed E-state index contributed by atoms with van der Waals surface area (Å²) < 4.78 is 5.19. The minimum absolute atomic E-state index is 0.123. The van der Waals surface area contributed by atoms with E-state index in [2.05, 4.69) is 12.2 Å². The predicted molar refractivity (Wildman–Crippen MR) is 61.9 cm³/mol.